The third-order valence-electron chi connectivity index (χ3n) is 3.61. The number of hydrogen-bond donors (Lipinski definition) is 2. The van der Waals surface area contributed by atoms with Crippen LogP contribution in [0.3, 0.4) is 0 Å². The monoisotopic (exact) mass is 306 g/mol. The number of carboxylic acid groups (broad SMARTS) is 1. The Labute approximate surface area is 127 Å². The number of likely N-dealkylation sites (tertiary alicyclic amines) is 1. The molecule has 7 nitrogen and oxygen atoms in total. The van der Waals surface area contributed by atoms with Gasteiger partial charge in [-0.1, -0.05) is 12.1 Å². The first-order valence-corrected chi connectivity index (χ1v) is 6.98. The van der Waals surface area contributed by atoms with E-state index in [0.29, 0.717) is 30.7 Å². The summed E-state index contributed by atoms with van der Waals surface area (Å²) in [4.78, 5) is 36.5. The Bertz CT molecular complexity index is 587. The number of hydrogen-bond acceptors (Lipinski definition) is 4. The van der Waals surface area contributed by atoms with Gasteiger partial charge in [0.25, 0.3) is 5.91 Å². The highest BCUT2D eigenvalue weighted by Gasteiger charge is 2.33. The Morgan fingerprint density at radius 3 is 2.77 bits per heavy atom. The van der Waals surface area contributed by atoms with Gasteiger partial charge >= 0.3 is 5.97 Å². The minimum atomic E-state index is -1.01. The first-order chi connectivity index (χ1) is 10.5. The van der Waals surface area contributed by atoms with Crippen LogP contribution in [0.25, 0.3) is 0 Å². The van der Waals surface area contributed by atoms with E-state index in [4.69, 9.17) is 9.84 Å². The van der Waals surface area contributed by atoms with Crippen LogP contribution < -0.4 is 10.1 Å². The topological polar surface area (TPSA) is 95.9 Å². The Morgan fingerprint density at radius 2 is 2.09 bits per heavy atom. The van der Waals surface area contributed by atoms with Gasteiger partial charge in [0.05, 0.1) is 19.2 Å². The van der Waals surface area contributed by atoms with Crippen molar-refractivity contribution in [3.8, 4) is 5.75 Å². The molecule has 1 aromatic carbocycles. The zero-order chi connectivity index (χ0) is 16.1. The lowest BCUT2D eigenvalue weighted by Gasteiger charge is -2.21. The maximum absolute atomic E-state index is 12.1. The highest BCUT2D eigenvalue weighted by molar-refractivity contribution is 5.99. The van der Waals surface area contributed by atoms with Crippen molar-refractivity contribution in [2.75, 3.05) is 20.2 Å². The third kappa shape index (κ3) is 3.36. The highest BCUT2D eigenvalue weighted by atomic mass is 16.5. The van der Waals surface area contributed by atoms with Crippen molar-refractivity contribution in [1.82, 2.24) is 10.2 Å². The fraction of sp³-hybridized carbons (Fsp3) is 0.400. The first-order valence-electron chi connectivity index (χ1n) is 6.98. The van der Waals surface area contributed by atoms with Crippen molar-refractivity contribution in [3.05, 3.63) is 29.8 Å². The molecule has 0 radical (unpaired) electrons. The summed E-state index contributed by atoms with van der Waals surface area (Å²) in [5.41, 5.74) is 0.328. The molecule has 1 fully saturated rings. The number of methoxy groups -OCH3 is 1. The van der Waals surface area contributed by atoms with E-state index in [0.717, 1.165) is 0 Å². The number of benzene rings is 1. The quantitative estimate of drug-likeness (QED) is 0.826. The maximum atomic E-state index is 12.1. The van der Waals surface area contributed by atoms with E-state index in [9.17, 15) is 14.4 Å². The number of ether oxygens (including phenoxy) is 1. The molecular weight excluding hydrogens is 288 g/mol. The smallest absolute Gasteiger partial charge is 0.326 e. The second-order valence-electron chi connectivity index (χ2n) is 4.97. The number of aliphatic carboxylic acids is 1. The molecule has 0 spiro atoms. The van der Waals surface area contributed by atoms with Gasteiger partial charge < -0.3 is 20.1 Å². The van der Waals surface area contributed by atoms with Gasteiger partial charge in [-0.25, -0.2) is 4.79 Å². The van der Waals surface area contributed by atoms with Crippen LogP contribution in [0.15, 0.2) is 24.3 Å². The van der Waals surface area contributed by atoms with E-state index in [1.165, 1.54) is 12.0 Å². The van der Waals surface area contributed by atoms with Gasteiger partial charge in [0.15, 0.2) is 0 Å². The molecule has 1 atom stereocenters. The summed E-state index contributed by atoms with van der Waals surface area (Å²) in [7, 11) is 1.46. The van der Waals surface area contributed by atoms with E-state index >= 15 is 0 Å². The Balaban J connectivity index is 1.96. The summed E-state index contributed by atoms with van der Waals surface area (Å²) in [5, 5.41) is 11.6. The minimum absolute atomic E-state index is 0.235. The maximum Gasteiger partial charge on any atom is 0.326 e. The molecular formula is C15H18N2O5. The van der Waals surface area contributed by atoms with Crippen LogP contribution in [0.2, 0.25) is 0 Å². The van der Waals surface area contributed by atoms with Crippen LogP contribution in [0.1, 0.15) is 23.2 Å². The molecule has 0 aromatic heterocycles. The summed E-state index contributed by atoms with van der Waals surface area (Å²) in [6.45, 7) is 0.168. The van der Waals surface area contributed by atoms with Crippen LogP contribution in [-0.2, 0) is 9.59 Å². The number of carboxylic acids is 1. The fourth-order valence-electron chi connectivity index (χ4n) is 2.51. The Morgan fingerprint density at radius 1 is 1.36 bits per heavy atom. The molecule has 2 N–H and O–H groups in total. The van der Waals surface area contributed by atoms with Gasteiger partial charge in [0, 0.05) is 6.54 Å². The lowest BCUT2D eigenvalue weighted by molar-refractivity contribution is -0.147. The van der Waals surface area contributed by atoms with Gasteiger partial charge in [-0.05, 0) is 25.0 Å². The molecule has 2 rings (SSSR count). The van der Waals surface area contributed by atoms with Gasteiger partial charge in [-0.3, -0.25) is 9.59 Å². The van der Waals surface area contributed by atoms with Gasteiger partial charge in [0.2, 0.25) is 5.91 Å². The molecule has 1 unspecified atom stereocenters. The first kappa shape index (κ1) is 15.8. The molecule has 0 saturated carbocycles. The van der Waals surface area contributed by atoms with E-state index in [2.05, 4.69) is 5.32 Å². The molecule has 0 aliphatic carbocycles. The van der Waals surface area contributed by atoms with E-state index in [1.807, 2.05) is 0 Å². The zero-order valence-electron chi connectivity index (χ0n) is 12.2. The Kier molecular flexibility index (Phi) is 4.98. The molecule has 2 amide bonds. The summed E-state index contributed by atoms with van der Waals surface area (Å²) >= 11 is 0. The van der Waals surface area contributed by atoms with Crippen LogP contribution in [0.5, 0.6) is 5.75 Å². The van der Waals surface area contributed by atoms with Crippen molar-refractivity contribution < 1.29 is 24.2 Å². The fourth-order valence-corrected chi connectivity index (χ4v) is 2.51. The normalized spacial score (nSPS) is 17.1. The number of carbonyl (C=O) groups is 3. The van der Waals surface area contributed by atoms with Crippen molar-refractivity contribution in [2.24, 2.45) is 0 Å². The zero-order valence-corrected chi connectivity index (χ0v) is 12.2. The lowest BCUT2D eigenvalue weighted by atomic mass is 10.2. The standard InChI is InChI=1S/C15H18N2O5/c1-22-12-7-3-2-5-10(12)14(19)16-9-13(18)17-8-4-6-11(17)15(20)21/h2-3,5,7,11H,4,6,8-9H2,1H3,(H,16,19)(H,20,21). The minimum Gasteiger partial charge on any atom is -0.496 e. The average Bonchev–Trinajstić information content (AvgIpc) is 3.02. The predicted molar refractivity (Wildman–Crippen MR) is 77.7 cm³/mol. The molecule has 1 aliphatic rings. The average molecular weight is 306 g/mol. The van der Waals surface area contributed by atoms with Crippen molar-refractivity contribution in [2.45, 2.75) is 18.9 Å². The molecule has 118 valence electrons. The highest BCUT2D eigenvalue weighted by Crippen LogP contribution is 2.18. The van der Waals surface area contributed by atoms with Crippen molar-refractivity contribution >= 4 is 17.8 Å². The summed E-state index contributed by atoms with van der Waals surface area (Å²) in [5.74, 6) is -1.43. The summed E-state index contributed by atoms with van der Waals surface area (Å²) in [6.07, 6.45) is 1.10. The number of nitrogens with zero attached hydrogens (tertiary/aromatic N) is 1. The molecule has 1 saturated heterocycles. The van der Waals surface area contributed by atoms with Crippen LogP contribution >= 0.6 is 0 Å². The van der Waals surface area contributed by atoms with Crippen LogP contribution in [0, 0.1) is 0 Å². The van der Waals surface area contributed by atoms with Crippen LogP contribution in [0.4, 0.5) is 0 Å². The molecule has 1 heterocycles. The van der Waals surface area contributed by atoms with E-state index in [1.54, 1.807) is 24.3 Å². The number of amides is 2. The molecule has 1 aliphatic heterocycles. The van der Waals surface area contributed by atoms with Gasteiger partial charge in [-0.15, -0.1) is 0 Å². The second kappa shape index (κ2) is 6.93. The molecule has 1 aromatic rings. The Hall–Kier alpha value is -2.57. The third-order valence-corrected chi connectivity index (χ3v) is 3.61. The molecule has 22 heavy (non-hydrogen) atoms. The predicted octanol–water partition coefficient (Wildman–Crippen LogP) is 0.501. The number of rotatable bonds is 5. The second-order valence-corrected chi connectivity index (χ2v) is 4.97. The SMILES string of the molecule is COc1ccccc1C(=O)NCC(=O)N1CCCC1C(=O)O. The number of nitrogens with one attached hydrogen (secondary N) is 1. The summed E-state index contributed by atoms with van der Waals surface area (Å²) < 4.78 is 5.09. The number of carbonyl (C=O) groups excluding carboxylic acids is 2. The van der Waals surface area contributed by atoms with Crippen molar-refractivity contribution in [3.63, 3.8) is 0 Å². The van der Waals surface area contributed by atoms with E-state index < -0.39 is 23.8 Å². The molecule has 0 bridgehead atoms. The van der Waals surface area contributed by atoms with E-state index in [-0.39, 0.29) is 6.54 Å². The van der Waals surface area contributed by atoms with Gasteiger partial charge in [-0.2, -0.15) is 0 Å². The number of para-hydroxylation sites is 1. The van der Waals surface area contributed by atoms with Crippen LogP contribution in [-0.4, -0.2) is 54.0 Å². The molecule has 7 heteroatoms. The van der Waals surface area contributed by atoms with Gasteiger partial charge in [0.1, 0.15) is 11.8 Å². The lowest BCUT2D eigenvalue weighted by Crippen LogP contribution is -2.45. The largest absolute Gasteiger partial charge is 0.496 e. The summed E-state index contributed by atoms with van der Waals surface area (Å²) in [6, 6.07) is 5.88. The van der Waals surface area contributed by atoms with Crippen molar-refractivity contribution in [1.29, 1.82) is 0 Å².